The summed E-state index contributed by atoms with van der Waals surface area (Å²) in [7, 11) is 1.40. The lowest BCUT2D eigenvalue weighted by atomic mass is 10.3. The fourth-order valence-corrected chi connectivity index (χ4v) is 2.30. The monoisotopic (exact) mass is 312 g/mol. The summed E-state index contributed by atoms with van der Waals surface area (Å²) < 4.78 is 31.0. The van der Waals surface area contributed by atoms with Crippen LogP contribution in [0.1, 0.15) is 10.4 Å². The van der Waals surface area contributed by atoms with Crippen LogP contribution in [0.2, 0.25) is 0 Å². The molecule has 1 heterocycles. The lowest BCUT2D eigenvalue weighted by Gasteiger charge is -2.08. The highest BCUT2D eigenvalue weighted by atomic mass is 32.1. The number of rotatable bonds is 3. The molecule has 2 aromatic rings. The van der Waals surface area contributed by atoms with Crippen LogP contribution >= 0.6 is 11.3 Å². The number of amides is 3. The highest BCUT2D eigenvalue weighted by Gasteiger charge is 2.16. The summed E-state index contributed by atoms with van der Waals surface area (Å²) in [6.07, 6.45) is 0. The minimum atomic E-state index is -0.939. The van der Waals surface area contributed by atoms with Gasteiger partial charge in [-0.1, -0.05) is 0 Å². The Labute approximate surface area is 122 Å². The predicted molar refractivity (Wildman–Crippen MR) is 73.7 cm³/mol. The summed E-state index contributed by atoms with van der Waals surface area (Å²) in [5.74, 6) is -2.06. The molecule has 110 valence electrons. The summed E-state index contributed by atoms with van der Waals surface area (Å²) in [5.41, 5.74) is -0.0452. The standard InChI is InChI=1S/C13H10F2N2O3S/c1-20-11-6-21-5-8(11)12(18)17-13(19)16-10-3-2-7(14)4-9(10)15/h2-6H,1H3,(H2,16,17,18,19). The van der Waals surface area contributed by atoms with Crippen LogP contribution in [0.5, 0.6) is 5.75 Å². The minimum Gasteiger partial charge on any atom is -0.495 e. The molecule has 0 fully saturated rings. The summed E-state index contributed by atoms with van der Waals surface area (Å²) in [4.78, 5) is 23.4. The first-order valence-electron chi connectivity index (χ1n) is 5.69. The molecule has 0 aliphatic rings. The number of hydrogen-bond acceptors (Lipinski definition) is 4. The second kappa shape index (κ2) is 6.31. The highest BCUT2D eigenvalue weighted by molar-refractivity contribution is 7.08. The van der Waals surface area contributed by atoms with Gasteiger partial charge in [0.05, 0.1) is 18.4 Å². The molecule has 3 amide bonds. The van der Waals surface area contributed by atoms with Crippen LogP contribution in [0, 0.1) is 11.6 Å². The molecule has 8 heteroatoms. The molecule has 0 saturated heterocycles. The summed E-state index contributed by atoms with van der Waals surface area (Å²) in [6, 6.07) is 1.74. The van der Waals surface area contributed by atoms with Crippen molar-refractivity contribution >= 4 is 29.0 Å². The van der Waals surface area contributed by atoms with E-state index >= 15 is 0 Å². The Hall–Kier alpha value is -2.48. The molecule has 21 heavy (non-hydrogen) atoms. The van der Waals surface area contributed by atoms with E-state index < -0.39 is 23.6 Å². The van der Waals surface area contributed by atoms with E-state index in [9.17, 15) is 18.4 Å². The molecule has 1 aromatic heterocycles. The molecule has 0 saturated carbocycles. The van der Waals surface area contributed by atoms with E-state index in [-0.39, 0.29) is 11.3 Å². The van der Waals surface area contributed by atoms with E-state index in [1.165, 1.54) is 23.8 Å². The number of benzene rings is 1. The molecule has 0 radical (unpaired) electrons. The van der Waals surface area contributed by atoms with Crippen molar-refractivity contribution in [3.05, 3.63) is 46.2 Å². The van der Waals surface area contributed by atoms with Gasteiger partial charge in [-0.3, -0.25) is 10.1 Å². The van der Waals surface area contributed by atoms with Gasteiger partial charge in [-0.15, -0.1) is 11.3 Å². The third-order valence-electron chi connectivity index (χ3n) is 2.50. The number of ether oxygens (including phenoxy) is 1. The Morgan fingerprint density at radius 2 is 2.00 bits per heavy atom. The van der Waals surface area contributed by atoms with Gasteiger partial charge in [-0.2, -0.15) is 0 Å². The molecule has 0 aliphatic carbocycles. The fourth-order valence-electron chi connectivity index (χ4n) is 1.52. The average Bonchev–Trinajstić information content (AvgIpc) is 2.90. The van der Waals surface area contributed by atoms with Crippen LogP contribution in [-0.2, 0) is 0 Å². The number of methoxy groups -OCH3 is 1. The number of carbonyl (C=O) groups is 2. The van der Waals surface area contributed by atoms with Crippen molar-refractivity contribution in [2.75, 3.05) is 12.4 Å². The molecule has 2 N–H and O–H groups in total. The number of hydrogen-bond donors (Lipinski definition) is 2. The van der Waals surface area contributed by atoms with Crippen LogP contribution in [0.4, 0.5) is 19.3 Å². The van der Waals surface area contributed by atoms with Crippen molar-refractivity contribution < 1.29 is 23.1 Å². The van der Waals surface area contributed by atoms with E-state index in [1.807, 2.05) is 5.32 Å². The third-order valence-corrected chi connectivity index (χ3v) is 3.22. The Bertz CT molecular complexity index is 688. The maximum Gasteiger partial charge on any atom is 0.326 e. The van der Waals surface area contributed by atoms with Crippen molar-refractivity contribution in [2.45, 2.75) is 0 Å². The highest BCUT2D eigenvalue weighted by Crippen LogP contribution is 2.22. The molecule has 0 unspecified atom stereocenters. The van der Waals surface area contributed by atoms with Crippen molar-refractivity contribution in [2.24, 2.45) is 0 Å². The SMILES string of the molecule is COc1cscc1C(=O)NC(=O)Nc1ccc(F)cc1F. The van der Waals surface area contributed by atoms with Crippen LogP contribution in [0.15, 0.2) is 29.0 Å². The van der Waals surface area contributed by atoms with Crippen molar-refractivity contribution in [3.8, 4) is 5.75 Å². The van der Waals surface area contributed by atoms with Crippen LogP contribution in [0.25, 0.3) is 0 Å². The lowest BCUT2D eigenvalue weighted by Crippen LogP contribution is -2.34. The first kappa shape index (κ1) is 14.9. The van der Waals surface area contributed by atoms with Crippen molar-refractivity contribution in [1.82, 2.24) is 5.32 Å². The Morgan fingerprint density at radius 3 is 2.67 bits per heavy atom. The molecule has 5 nitrogen and oxygen atoms in total. The number of thiophene rings is 1. The zero-order chi connectivity index (χ0) is 15.4. The van der Waals surface area contributed by atoms with Gasteiger partial charge in [0.1, 0.15) is 17.4 Å². The van der Waals surface area contributed by atoms with Crippen molar-refractivity contribution in [1.29, 1.82) is 0 Å². The Morgan fingerprint density at radius 1 is 1.24 bits per heavy atom. The van der Waals surface area contributed by atoms with Crippen molar-refractivity contribution in [3.63, 3.8) is 0 Å². The van der Waals surface area contributed by atoms with E-state index in [0.717, 1.165) is 12.1 Å². The fraction of sp³-hybridized carbons (Fsp3) is 0.0769. The van der Waals surface area contributed by atoms with Gasteiger partial charge in [-0.05, 0) is 12.1 Å². The summed E-state index contributed by atoms with van der Waals surface area (Å²) >= 11 is 1.24. The average molecular weight is 312 g/mol. The van der Waals surface area contributed by atoms with Gasteiger partial charge >= 0.3 is 6.03 Å². The Balaban J connectivity index is 2.03. The summed E-state index contributed by atoms with van der Waals surface area (Å²) in [6.45, 7) is 0. The van der Waals surface area contributed by atoms with Gasteiger partial charge in [0.15, 0.2) is 0 Å². The molecule has 0 spiro atoms. The van der Waals surface area contributed by atoms with E-state index in [4.69, 9.17) is 4.74 Å². The minimum absolute atomic E-state index is 0.192. The molecular weight excluding hydrogens is 302 g/mol. The van der Waals surface area contributed by atoms with E-state index in [0.29, 0.717) is 11.8 Å². The number of nitrogens with one attached hydrogen (secondary N) is 2. The zero-order valence-electron chi connectivity index (χ0n) is 10.8. The van der Waals surface area contributed by atoms with Gasteiger partial charge in [0.2, 0.25) is 0 Å². The second-order valence-corrected chi connectivity index (χ2v) is 4.63. The number of urea groups is 1. The number of anilines is 1. The molecule has 2 rings (SSSR count). The largest absolute Gasteiger partial charge is 0.495 e. The molecular formula is C13H10F2N2O3S. The number of halogens is 2. The van der Waals surface area contributed by atoms with E-state index in [1.54, 1.807) is 5.38 Å². The smallest absolute Gasteiger partial charge is 0.326 e. The first-order valence-corrected chi connectivity index (χ1v) is 6.63. The first-order chi connectivity index (χ1) is 10.0. The molecule has 0 aliphatic heterocycles. The summed E-state index contributed by atoms with van der Waals surface area (Å²) in [5, 5.41) is 7.26. The predicted octanol–water partition coefficient (Wildman–Crippen LogP) is 3.00. The lowest BCUT2D eigenvalue weighted by molar-refractivity contribution is 0.0964. The topological polar surface area (TPSA) is 67.4 Å². The molecule has 0 atom stereocenters. The van der Waals surface area contributed by atoms with Gasteiger partial charge < -0.3 is 10.1 Å². The molecule has 1 aromatic carbocycles. The zero-order valence-corrected chi connectivity index (χ0v) is 11.6. The quantitative estimate of drug-likeness (QED) is 0.915. The normalized spacial score (nSPS) is 10.0. The third kappa shape index (κ3) is 3.54. The van der Waals surface area contributed by atoms with E-state index in [2.05, 4.69) is 5.32 Å². The number of carbonyl (C=O) groups excluding carboxylic acids is 2. The van der Waals surface area contributed by atoms with Gasteiger partial charge in [0.25, 0.3) is 5.91 Å². The van der Waals surface area contributed by atoms with Crippen LogP contribution in [0.3, 0.4) is 0 Å². The molecule has 0 bridgehead atoms. The van der Waals surface area contributed by atoms with Gasteiger partial charge in [0, 0.05) is 16.8 Å². The van der Waals surface area contributed by atoms with Crippen LogP contribution < -0.4 is 15.4 Å². The maximum absolute atomic E-state index is 13.4. The van der Waals surface area contributed by atoms with Gasteiger partial charge in [-0.25, -0.2) is 13.6 Å². The number of imide groups is 1. The Kier molecular flexibility index (Phi) is 4.49. The maximum atomic E-state index is 13.4. The van der Waals surface area contributed by atoms with Crippen LogP contribution in [-0.4, -0.2) is 19.0 Å². The second-order valence-electron chi connectivity index (χ2n) is 3.89.